The standard InChI is InChI=1S/C8H10FN3O2/c1-2-5-12(8(13)14)7-10-4-3-6(9)11-7/h3-4H,2,5H2,1H3,(H,13,14). The second-order valence-corrected chi connectivity index (χ2v) is 2.61. The quantitative estimate of drug-likeness (QED) is 0.749. The summed E-state index contributed by atoms with van der Waals surface area (Å²) in [6.07, 6.45) is 0.618. The number of hydrogen-bond donors (Lipinski definition) is 1. The van der Waals surface area contributed by atoms with Gasteiger partial charge >= 0.3 is 6.09 Å². The fourth-order valence-electron chi connectivity index (χ4n) is 0.962. The van der Waals surface area contributed by atoms with Crippen LogP contribution in [0.25, 0.3) is 0 Å². The number of halogens is 1. The summed E-state index contributed by atoms with van der Waals surface area (Å²) in [5, 5.41) is 8.77. The van der Waals surface area contributed by atoms with Crippen LogP contribution in [0.1, 0.15) is 13.3 Å². The Hall–Kier alpha value is -1.72. The molecule has 5 nitrogen and oxygen atoms in total. The molecular weight excluding hydrogens is 189 g/mol. The van der Waals surface area contributed by atoms with E-state index in [4.69, 9.17) is 5.11 Å². The first-order valence-electron chi connectivity index (χ1n) is 4.14. The van der Waals surface area contributed by atoms with Gasteiger partial charge in [0, 0.05) is 18.8 Å². The van der Waals surface area contributed by atoms with E-state index < -0.39 is 12.0 Å². The number of hydrogen-bond acceptors (Lipinski definition) is 3. The number of aromatic nitrogens is 2. The van der Waals surface area contributed by atoms with Crippen LogP contribution >= 0.6 is 0 Å². The number of carboxylic acid groups (broad SMARTS) is 1. The largest absolute Gasteiger partial charge is 0.465 e. The molecule has 0 atom stereocenters. The molecule has 1 rings (SSSR count). The third kappa shape index (κ3) is 2.38. The summed E-state index contributed by atoms with van der Waals surface area (Å²) in [5.74, 6) is -0.864. The Balaban J connectivity index is 2.93. The van der Waals surface area contributed by atoms with Crippen molar-refractivity contribution in [3.8, 4) is 0 Å². The van der Waals surface area contributed by atoms with E-state index in [1.165, 1.54) is 6.20 Å². The minimum absolute atomic E-state index is 0.126. The Labute approximate surface area is 80.2 Å². The zero-order valence-electron chi connectivity index (χ0n) is 7.64. The predicted molar refractivity (Wildman–Crippen MR) is 47.7 cm³/mol. The third-order valence-corrected chi connectivity index (χ3v) is 1.53. The van der Waals surface area contributed by atoms with Gasteiger partial charge in [0.25, 0.3) is 0 Å². The van der Waals surface area contributed by atoms with Crippen molar-refractivity contribution in [2.45, 2.75) is 13.3 Å². The van der Waals surface area contributed by atoms with Gasteiger partial charge < -0.3 is 5.11 Å². The summed E-state index contributed by atoms with van der Waals surface area (Å²) in [5.41, 5.74) is 0. The van der Waals surface area contributed by atoms with Crippen LogP contribution in [-0.4, -0.2) is 27.7 Å². The van der Waals surface area contributed by atoms with Crippen LogP contribution in [0.15, 0.2) is 12.3 Å². The van der Waals surface area contributed by atoms with Crippen molar-refractivity contribution in [1.29, 1.82) is 0 Å². The van der Waals surface area contributed by atoms with E-state index in [1.807, 2.05) is 6.92 Å². The molecule has 0 aliphatic rings. The molecule has 0 aromatic carbocycles. The second kappa shape index (κ2) is 4.50. The van der Waals surface area contributed by atoms with Gasteiger partial charge in [-0.25, -0.2) is 14.7 Å². The van der Waals surface area contributed by atoms with Crippen LogP contribution in [-0.2, 0) is 0 Å². The highest BCUT2D eigenvalue weighted by atomic mass is 19.1. The molecule has 0 fully saturated rings. The molecule has 1 N–H and O–H groups in total. The Kier molecular flexibility index (Phi) is 3.33. The van der Waals surface area contributed by atoms with Crippen LogP contribution in [0.2, 0.25) is 0 Å². The molecule has 1 amide bonds. The molecule has 0 spiro atoms. The maximum absolute atomic E-state index is 12.7. The van der Waals surface area contributed by atoms with Crippen molar-refractivity contribution in [3.63, 3.8) is 0 Å². The zero-order chi connectivity index (χ0) is 10.6. The monoisotopic (exact) mass is 199 g/mol. The van der Waals surface area contributed by atoms with Gasteiger partial charge in [0.05, 0.1) is 0 Å². The van der Waals surface area contributed by atoms with Gasteiger partial charge in [0.2, 0.25) is 11.9 Å². The summed E-state index contributed by atoms with van der Waals surface area (Å²) in [4.78, 5) is 18.7. The van der Waals surface area contributed by atoms with Crippen LogP contribution in [0.3, 0.4) is 0 Å². The van der Waals surface area contributed by atoms with E-state index >= 15 is 0 Å². The SMILES string of the molecule is CCCN(C(=O)O)c1nccc(F)n1. The van der Waals surface area contributed by atoms with Gasteiger partial charge in [0.1, 0.15) is 0 Å². The average Bonchev–Trinajstić information content (AvgIpc) is 2.13. The molecule has 0 saturated heterocycles. The molecule has 0 bridgehead atoms. The van der Waals surface area contributed by atoms with Gasteiger partial charge in [-0.15, -0.1) is 0 Å². The maximum atomic E-state index is 12.7. The normalized spacial score (nSPS) is 9.86. The van der Waals surface area contributed by atoms with Crippen molar-refractivity contribution < 1.29 is 14.3 Å². The molecule has 1 aromatic heterocycles. The highest BCUT2D eigenvalue weighted by Crippen LogP contribution is 2.07. The fourth-order valence-corrected chi connectivity index (χ4v) is 0.962. The van der Waals surface area contributed by atoms with Crippen molar-refractivity contribution in [2.75, 3.05) is 11.4 Å². The smallest absolute Gasteiger partial charge is 0.414 e. The van der Waals surface area contributed by atoms with Crippen molar-refractivity contribution in [3.05, 3.63) is 18.2 Å². The minimum atomic E-state index is -1.18. The first-order valence-corrected chi connectivity index (χ1v) is 4.14. The molecule has 6 heteroatoms. The van der Waals surface area contributed by atoms with E-state index in [0.717, 1.165) is 11.0 Å². The van der Waals surface area contributed by atoms with Gasteiger partial charge in [-0.3, -0.25) is 0 Å². The van der Waals surface area contributed by atoms with E-state index in [9.17, 15) is 9.18 Å². The Morgan fingerprint density at radius 2 is 2.43 bits per heavy atom. The van der Waals surface area contributed by atoms with Gasteiger partial charge in [0.15, 0.2) is 0 Å². The van der Waals surface area contributed by atoms with E-state index in [1.54, 1.807) is 0 Å². The summed E-state index contributed by atoms with van der Waals surface area (Å²) in [6.45, 7) is 2.06. The van der Waals surface area contributed by atoms with Crippen LogP contribution in [0.4, 0.5) is 15.1 Å². The lowest BCUT2D eigenvalue weighted by atomic mass is 10.4. The van der Waals surface area contributed by atoms with E-state index in [0.29, 0.717) is 6.42 Å². The zero-order valence-corrected chi connectivity index (χ0v) is 7.64. The summed E-state index contributed by atoms with van der Waals surface area (Å²) < 4.78 is 12.7. The fraction of sp³-hybridized carbons (Fsp3) is 0.375. The number of amides is 1. The van der Waals surface area contributed by atoms with E-state index in [2.05, 4.69) is 9.97 Å². The lowest BCUT2D eigenvalue weighted by Crippen LogP contribution is -2.31. The molecule has 14 heavy (non-hydrogen) atoms. The highest BCUT2D eigenvalue weighted by molar-refractivity contribution is 5.83. The first-order chi connectivity index (χ1) is 6.65. The molecule has 76 valence electrons. The van der Waals surface area contributed by atoms with Crippen molar-refractivity contribution >= 4 is 12.0 Å². The molecule has 0 aliphatic carbocycles. The first kappa shape index (κ1) is 10.4. The molecular formula is C8H10FN3O2. The Morgan fingerprint density at radius 3 is 2.93 bits per heavy atom. The number of rotatable bonds is 3. The number of carbonyl (C=O) groups is 1. The van der Waals surface area contributed by atoms with Gasteiger partial charge in [-0.1, -0.05) is 6.92 Å². The number of nitrogens with zero attached hydrogens (tertiary/aromatic N) is 3. The third-order valence-electron chi connectivity index (χ3n) is 1.53. The lowest BCUT2D eigenvalue weighted by molar-refractivity contribution is 0.201. The summed E-state index contributed by atoms with van der Waals surface area (Å²) in [6, 6.07) is 1.06. The topological polar surface area (TPSA) is 66.3 Å². The van der Waals surface area contributed by atoms with Crippen LogP contribution in [0, 0.1) is 5.95 Å². The van der Waals surface area contributed by atoms with E-state index in [-0.39, 0.29) is 12.5 Å². The highest BCUT2D eigenvalue weighted by Gasteiger charge is 2.16. The Morgan fingerprint density at radius 1 is 1.71 bits per heavy atom. The summed E-state index contributed by atoms with van der Waals surface area (Å²) >= 11 is 0. The minimum Gasteiger partial charge on any atom is -0.465 e. The lowest BCUT2D eigenvalue weighted by Gasteiger charge is -2.15. The van der Waals surface area contributed by atoms with Crippen LogP contribution < -0.4 is 4.90 Å². The summed E-state index contributed by atoms with van der Waals surface area (Å²) in [7, 11) is 0. The molecule has 0 aliphatic heterocycles. The average molecular weight is 199 g/mol. The second-order valence-electron chi connectivity index (χ2n) is 2.61. The maximum Gasteiger partial charge on any atom is 0.414 e. The van der Waals surface area contributed by atoms with Crippen LogP contribution in [0.5, 0.6) is 0 Å². The van der Waals surface area contributed by atoms with Crippen molar-refractivity contribution in [1.82, 2.24) is 9.97 Å². The van der Waals surface area contributed by atoms with Crippen molar-refractivity contribution in [2.24, 2.45) is 0 Å². The predicted octanol–water partition coefficient (Wildman–Crippen LogP) is 1.51. The molecule has 1 heterocycles. The molecule has 0 saturated carbocycles. The molecule has 1 aromatic rings. The Bertz CT molecular complexity index is 332. The number of anilines is 1. The van der Waals surface area contributed by atoms with Gasteiger partial charge in [-0.2, -0.15) is 9.37 Å². The van der Waals surface area contributed by atoms with Gasteiger partial charge in [-0.05, 0) is 6.42 Å². The molecule has 0 radical (unpaired) electrons. The molecule has 0 unspecified atom stereocenters.